The van der Waals surface area contributed by atoms with Gasteiger partial charge < -0.3 is 45.5 Å². The van der Waals surface area contributed by atoms with Gasteiger partial charge in [-0.1, -0.05) is 147 Å². The number of amides is 5. The van der Waals surface area contributed by atoms with E-state index in [4.69, 9.17) is 18.9 Å². The molecule has 0 aromatic heterocycles. The van der Waals surface area contributed by atoms with Crippen LogP contribution in [0.15, 0.2) is 133 Å². The standard InChI is InChI=1S/C64H77N5O12/c1-40(2)34-54(61(76)78-38-43-25-14-11-15-26-43)68-58(73)51(35-42-23-12-10-13-24-42)66-59(74)52(36-44-27-17-16-22-41(44)3)67-57(72)50(32-33-55(70)80-63(4,5)6)65-60(75)53(37-56(71)81-64(7,8)9)69-62(77)79-39-49-47-30-20-18-28-45(47)46-29-19-21-31-48(46)49/h10-31,40,49-54H,32-39H2,1-9H3,(H,65,75)(H,66,74)(H,67,72)(H,68,73)(H,69,77)/t50-,51-,52-,53-,54-/m0/s1. The van der Waals surface area contributed by atoms with Gasteiger partial charge in [0.25, 0.3) is 0 Å². The van der Waals surface area contributed by atoms with E-state index in [9.17, 15) is 38.4 Å². The SMILES string of the molecule is Cc1ccccc1C[C@H](NC(=O)[C@H](CCC(=O)OC(C)(C)C)NC(=O)[C@H](CC(=O)OC(C)(C)C)NC(=O)OCC1c2ccccc2-c2ccccc21)C(=O)N[C@@H](Cc1ccccc1)C(=O)N[C@@H](CC(C)C)C(=O)OCc1ccccc1. The highest BCUT2D eigenvalue weighted by Gasteiger charge is 2.36. The Morgan fingerprint density at radius 1 is 0.494 bits per heavy atom. The van der Waals surface area contributed by atoms with Crippen molar-refractivity contribution in [2.75, 3.05) is 6.61 Å². The maximum atomic E-state index is 14.9. The molecule has 5 atom stereocenters. The van der Waals surface area contributed by atoms with E-state index in [1.54, 1.807) is 77.9 Å². The van der Waals surface area contributed by atoms with Crippen LogP contribution >= 0.6 is 0 Å². The second kappa shape index (κ2) is 28.7. The van der Waals surface area contributed by atoms with E-state index < -0.39 is 95.5 Å². The molecule has 0 saturated carbocycles. The van der Waals surface area contributed by atoms with E-state index in [1.807, 2.05) is 118 Å². The zero-order valence-corrected chi connectivity index (χ0v) is 47.8. The fraction of sp³-hybridized carbons (Fsp3) is 0.406. The van der Waals surface area contributed by atoms with Crippen molar-refractivity contribution in [3.05, 3.63) is 167 Å². The van der Waals surface area contributed by atoms with Crippen molar-refractivity contribution < 1.29 is 57.3 Å². The van der Waals surface area contributed by atoms with Crippen molar-refractivity contribution in [3.63, 3.8) is 0 Å². The molecule has 81 heavy (non-hydrogen) atoms. The molecule has 1 aliphatic carbocycles. The third kappa shape index (κ3) is 19.5. The Labute approximate surface area is 475 Å². The largest absolute Gasteiger partial charge is 0.460 e. The molecule has 0 unspecified atom stereocenters. The van der Waals surface area contributed by atoms with E-state index in [-0.39, 0.29) is 57.2 Å². The number of hydrogen-bond donors (Lipinski definition) is 5. The Hall–Kier alpha value is -8.34. The number of rotatable bonds is 25. The van der Waals surface area contributed by atoms with Gasteiger partial charge in [0.2, 0.25) is 23.6 Å². The van der Waals surface area contributed by atoms with Crippen molar-refractivity contribution in [2.24, 2.45) is 5.92 Å². The number of aryl methyl sites for hydroxylation is 1. The molecule has 0 radical (unpaired) electrons. The van der Waals surface area contributed by atoms with E-state index in [0.29, 0.717) is 11.1 Å². The van der Waals surface area contributed by atoms with Crippen molar-refractivity contribution >= 4 is 47.6 Å². The molecule has 1 aliphatic rings. The van der Waals surface area contributed by atoms with Crippen LogP contribution in [-0.2, 0) is 72.0 Å². The molecule has 0 aliphatic heterocycles. The minimum absolute atomic E-state index is 0.0127. The fourth-order valence-corrected chi connectivity index (χ4v) is 9.40. The van der Waals surface area contributed by atoms with Crippen LogP contribution in [0, 0.1) is 12.8 Å². The average Bonchev–Trinajstić information content (AvgIpc) is 3.53. The van der Waals surface area contributed by atoms with E-state index in [0.717, 1.165) is 33.4 Å². The first-order valence-electron chi connectivity index (χ1n) is 27.5. The molecule has 5 amide bonds. The summed E-state index contributed by atoms with van der Waals surface area (Å²) in [7, 11) is 0. The summed E-state index contributed by atoms with van der Waals surface area (Å²) in [5, 5.41) is 13.6. The fourth-order valence-electron chi connectivity index (χ4n) is 9.40. The number of benzene rings is 5. The Bertz CT molecular complexity index is 2940. The first kappa shape index (κ1) is 61.9. The zero-order chi connectivity index (χ0) is 58.9. The minimum Gasteiger partial charge on any atom is -0.460 e. The van der Waals surface area contributed by atoms with E-state index in [2.05, 4.69) is 26.6 Å². The van der Waals surface area contributed by atoms with Crippen LogP contribution in [0.5, 0.6) is 0 Å². The predicted molar refractivity (Wildman–Crippen MR) is 306 cm³/mol. The lowest BCUT2D eigenvalue weighted by Crippen LogP contribution is -2.60. The average molecular weight is 1110 g/mol. The number of alkyl carbamates (subject to hydrolysis) is 1. The Balaban J connectivity index is 1.27. The highest BCUT2D eigenvalue weighted by Crippen LogP contribution is 2.44. The summed E-state index contributed by atoms with van der Waals surface area (Å²) in [5.74, 6) is -5.96. The summed E-state index contributed by atoms with van der Waals surface area (Å²) < 4.78 is 22.6. The molecule has 5 aromatic rings. The van der Waals surface area contributed by atoms with Gasteiger partial charge in [-0.25, -0.2) is 9.59 Å². The summed E-state index contributed by atoms with van der Waals surface area (Å²) >= 11 is 0. The van der Waals surface area contributed by atoms with Gasteiger partial charge >= 0.3 is 24.0 Å². The Morgan fingerprint density at radius 3 is 1.53 bits per heavy atom. The summed E-state index contributed by atoms with van der Waals surface area (Å²) in [6.07, 6.45) is -2.33. The lowest BCUT2D eigenvalue weighted by Gasteiger charge is -2.28. The quantitative estimate of drug-likeness (QED) is 0.0275. The van der Waals surface area contributed by atoms with E-state index >= 15 is 0 Å². The van der Waals surface area contributed by atoms with Crippen molar-refractivity contribution in [1.29, 1.82) is 0 Å². The summed E-state index contributed by atoms with van der Waals surface area (Å²) in [6.45, 7) is 15.5. The van der Waals surface area contributed by atoms with Gasteiger partial charge in [0.1, 0.15) is 54.6 Å². The zero-order valence-electron chi connectivity index (χ0n) is 47.8. The van der Waals surface area contributed by atoms with Gasteiger partial charge in [0, 0.05) is 25.2 Å². The molecule has 0 bridgehead atoms. The third-order valence-electron chi connectivity index (χ3n) is 13.2. The predicted octanol–water partition coefficient (Wildman–Crippen LogP) is 8.27. The topological polar surface area (TPSA) is 234 Å². The van der Waals surface area contributed by atoms with Crippen LogP contribution < -0.4 is 26.6 Å². The number of carbonyl (C=O) groups is 8. The maximum absolute atomic E-state index is 14.9. The third-order valence-corrected chi connectivity index (χ3v) is 13.2. The lowest BCUT2D eigenvalue weighted by atomic mass is 9.98. The monoisotopic (exact) mass is 1110 g/mol. The molecule has 0 spiro atoms. The normalized spacial score (nSPS) is 13.9. The smallest absolute Gasteiger partial charge is 0.407 e. The van der Waals surface area contributed by atoms with Crippen LogP contribution in [0.25, 0.3) is 11.1 Å². The van der Waals surface area contributed by atoms with Gasteiger partial charge in [0.15, 0.2) is 0 Å². The van der Waals surface area contributed by atoms with Gasteiger partial charge in [-0.3, -0.25) is 28.8 Å². The molecule has 0 saturated heterocycles. The Kier molecular flexibility index (Phi) is 21.9. The maximum Gasteiger partial charge on any atom is 0.407 e. The molecule has 5 aromatic carbocycles. The highest BCUT2D eigenvalue weighted by atomic mass is 16.6. The minimum atomic E-state index is -1.66. The van der Waals surface area contributed by atoms with Crippen molar-refractivity contribution in [3.8, 4) is 11.1 Å². The van der Waals surface area contributed by atoms with Crippen LogP contribution in [0.4, 0.5) is 4.79 Å². The number of nitrogens with one attached hydrogen (secondary N) is 5. The molecule has 17 nitrogen and oxygen atoms in total. The summed E-state index contributed by atoms with van der Waals surface area (Å²) in [6, 6.07) is 33.8. The van der Waals surface area contributed by atoms with E-state index in [1.165, 1.54) is 0 Å². The van der Waals surface area contributed by atoms with Gasteiger partial charge in [-0.05, 0) is 112 Å². The molecule has 5 N–H and O–H groups in total. The van der Waals surface area contributed by atoms with Gasteiger partial charge in [-0.15, -0.1) is 0 Å². The molecular formula is C64H77N5O12. The molecule has 0 heterocycles. The van der Waals surface area contributed by atoms with Crippen LogP contribution in [0.3, 0.4) is 0 Å². The second-order valence-corrected chi connectivity index (χ2v) is 22.7. The second-order valence-electron chi connectivity index (χ2n) is 22.7. The molecule has 430 valence electrons. The van der Waals surface area contributed by atoms with Crippen LogP contribution in [0.1, 0.15) is 120 Å². The molecule has 17 heteroatoms. The van der Waals surface area contributed by atoms with Crippen molar-refractivity contribution in [1.82, 2.24) is 26.6 Å². The Morgan fingerprint density at radius 2 is 0.963 bits per heavy atom. The number of hydrogen-bond acceptors (Lipinski definition) is 12. The molecule has 6 rings (SSSR count). The number of esters is 3. The molecular weight excluding hydrogens is 1030 g/mol. The summed E-state index contributed by atoms with van der Waals surface area (Å²) in [5.41, 5.74) is 4.91. The van der Waals surface area contributed by atoms with Crippen LogP contribution in [0.2, 0.25) is 0 Å². The molecule has 0 fully saturated rings. The van der Waals surface area contributed by atoms with Crippen molar-refractivity contribution in [2.45, 2.75) is 155 Å². The highest BCUT2D eigenvalue weighted by molar-refractivity contribution is 5.97. The van der Waals surface area contributed by atoms with Gasteiger partial charge in [-0.2, -0.15) is 0 Å². The first-order chi connectivity index (χ1) is 38.4. The lowest BCUT2D eigenvalue weighted by molar-refractivity contribution is -0.156. The van der Waals surface area contributed by atoms with Crippen LogP contribution in [-0.4, -0.2) is 95.6 Å². The summed E-state index contributed by atoms with van der Waals surface area (Å²) in [4.78, 5) is 113. The van der Waals surface area contributed by atoms with Gasteiger partial charge in [0.05, 0.1) is 6.42 Å². The number of fused-ring (bicyclic) bond motifs is 3. The number of ether oxygens (including phenoxy) is 4. The first-order valence-corrected chi connectivity index (χ1v) is 27.5. The number of carbonyl (C=O) groups excluding carboxylic acids is 8.